The number of nitrogens with zero attached hydrogens (tertiary/aromatic N) is 6. The number of carbonyl (C=O) groups is 1. The molecule has 2 saturated heterocycles. The molecule has 150 valence electrons. The number of carbonyl (C=O) groups excluding carboxylic acids is 1. The molecule has 4 rings (SSSR count). The van der Waals surface area contributed by atoms with Gasteiger partial charge in [-0.1, -0.05) is 0 Å². The Balaban J connectivity index is 1.53. The van der Waals surface area contributed by atoms with Crippen LogP contribution >= 0.6 is 11.3 Å². The number of hydrogen-bond acceptors (Lipinski definition) is 9. The molecule has 0 spiro atoms. The van der Waals surface area contributed by atoms with E-state index in [9.17, 15) is 4.79 Å². The van der Waals surface area contributed by atoms with E-state index in [4.69, 9.17) is 9.72 Å². The van der Waals surface area contributed by atoms with Gasteiger partial charge in [-0.05, 0) is 26.7 Å². The third-order valence-electron chi connectivity index (χ3n) is 4.86. The van der Waals surface area contributed by atoms with Crippen LogP contribution in [0, 0.1) is 13.8 Å². The van der Waals surface area contributed by atoms with Gasteiger partial charge < -0.3 is 19.9 Å². The molecule has 10 heteroatoms. The molecule has 1 N–H and O–H groups in total. The zero-order chi connectivity index (χ0) is 19.5. The number of hydrogen-bond donors (Lipinski definition) is 1. The number of amides is 1. The van der Waals surface area contributed by atoms with Crippen molar-refractivity contribution in [1.29, 1.82) is 0 Å². The van der Waals surface area contributed by atoms with Crippen molar-refractivity contribution in [2.45, 2.75) is 33.2 Å². The monoisotopic (exact) mass is 403 g/mol. The van der Waals surface area contributed by atoms with Crippen molar-refractivity contribution in [3.8, 4) is 0 Å². The van der Waals surface area contributed by atoms with Crippen LogP contribution in [0.1, 0.15) is 39.0 Å². The molecule has 9 nitrogen and oxygen atoms in total. The van der Waals surface area contributed by atoms with Gasteiger partial charge in [-0.25, -0.2) is 4.98 Å². The highest BCUT2D eigenvalue weighted by atomic mass is 32.1. The molecule has 2 aliphatic heterocycles. The lowest BCUT2D eigenvalue weighted by Gasteiger charge is -2.28. The number of thiazole rings is 1. The van der Waals surface area contributed by atoms with Gasteiger partial charge in [0.15, 0.2) is 5.82 Å². The normalized spacial score (nSPS) is 17.2. The van der Waals surface area contributed by atoms with Gasteiger partial charge in [-0.3, -0.25) is 4.79 Å². The number of aryl methyl sites for hydroxylation is 2. The first-order chi connectivity index (χ1) is 13.6. The number of anilines is 2. The summed E-state index contributed by atoms with van der Waals surface area (Å²) in [5.41, 5.74) is 0.752. The lowest BCUT2D eigenvalue weighted by atomic mass is 10.3. The van der Waals surface area contributed by atoms with Crippen molar-refractivity contribution in [3.63, 3.8) is 0 Å². The second-order valence-electron chi connectivity index (χ2n) is 6.98. The maximum Gasteiger partial charge on any atom is 0.263 e. The summed E-state index contributed by atoms with van der Waals surface area (Å²) in [4.78, 5) is 35.7. The summed E-state index contributed by atoms with van der Waals surface area (Å²) >= 11 is 1.40. The lowest BCUT2D eigenvalue weighted by Crippen LogP contribution is -2.38. The first kappa shape index (κ1) is 19.0. The minimum absolute atomic E-state index is 0.140. The number of ether oxygens (including phenoxy) is 1. The second kappa shape index (κ2) is 8.36. The van der Waals surface area contributed by atoms with Gasteiger partial charge in [0.05, 0.1) is 30.5 Å². The number of nitrogens with one attached hydrogen (secondary N) is 1. The van der Waals surface area contributed by atoms with Crippen LogP contribution < -0.4 is 15.1 Å². The largest absolute Gasteiger partial charge is 0.378 e. The molecule has 0 unspecified atom stereocenters. The van der Waals surface area contributed by atoms with E-state index < -0.39 is 0 Å². The van der Waals surface area contributed by atoms with E-state index in [1.54, 1.807) is 0 Å². The highest BCUT2D eigenvalue weighted by molar-refractivity contribution is 7.13. The summed E-state index contributed by atoms with van der Waals surface area (Å²) in [6, 6.07) is 0. The molecule has 1 amide bonds. The Kier molecular flexibility index (Phi) is 5.67. The molecule has 0 atom stereocenters. The molecule has 0 aliphatic carbocycles. The molecule has 2 aliphatic rings. The van der Waals surface area contributed by atoms with Crippen LogP contribution in [0.2, 0.25) is 0 Å². The summed E-state index contributed by atoms with van der Waals surface area (Å²) < 4.78 is 5.44. The van der Waals surface area contributed by atoms with Crippen molar-refractivity contribution >= 4 is 29.1 Å². The quantitative estimate of drug-likeness (QED) is 0.798. The minimum Gasteiger partial charge on any atom is -0.378 e. The minimum atomic E-state index is -0.140. The molecule has 28 heavy (non-hydrogen) atoms. The molecule has 4 heterocycles. The van der Waals surface area contributed by atoms with Crippen molar-refractivity contribution in [3.05, 3.63) is 21.4 Å². The second-order valence-corrected chi connectivity index (χ2v) is 8.18. The predicted octanol–water partition coefficient (Wildman–Crippen LogP) is 1.31. The van der Waals surface area contributed by atoms with Crippen molar-refractivity contribution in [2.75, 3.05) is 49.2 Å². The van der Waals surface area contributed by atoms with E-state index in [0.717, 1.165) is 49.7 Å². The molecule has 0 aromatic carbocycles. The van der Waals surface area contributed by atoms with E-state index in [1.807, 2.05) is 13.8 Å². The van der Waals surface area contributed by atoms with Crippen LogP contribution in [0.25, 0.3) is 0 Å². The van der Waals surface area contributed by atoms with Crippen LogP contribution in [0.4, 0.5) is 11.9 Å². The van der Waals surface area contributed by atoms with Crippen LogP contribution in [0.15, 0.2) is 0 Å². The van der Waals surface area contributed by atoms with E-state index in [2.05, 4.69) is 30.1 Å². The fourth-order valence-electron chi connectivity index (χ4n) is 3.42. The summed E-state index contributed by atoms with van der Waals surface area (Å²) in [5, 5.41) is 3.82. The van der Waals surface area contributed by atoms with Crippen LogP contribution in [0.3, 0.4) is 0 Å². The molecule has 2 fully saturated rings. The maximum atomic E-state index is 12.5. The van der Waals surface area contributed by atoms with Gasteiger partial charge in [0.1, 0.15) is 4.88 Å². The molecule has 0 saturated carbocycles. The summed E-state index contributed by atoms with van der Waals surface area (Å²) in [7, 11) is 0. The van der Waals surface area contributed by atoms with E-state index >= 15 is 0 Å². The highest BCUT2D eigenvalue weighted by Crippen LogP contribution is 2.20. The summed E-state index contributed by atoms with van der Waals surface area (Å²) in [6.45, 7) is 8.77. The molecule has 0 radical (unpaired) electrons. The van der Waals surface area contributed by atoms with Crippen LogP contribution in [0.5, 0.6) is 0 Å². The smallest absolute Gasteiger partial charge is 0.263 e. The standard InChI is InChI=1S/C18H25N7O2S/c1-12-15(28-13(2)20-12)16(26)19-11-14-21-17(24-5-3-4-6-24)23-18(22-14)25-7-9-27-10-8-25/h3-11H2,1-2H3,(H,19,26). The number of morpholine rings is 1. The van der Waals surface area contributed by atoms with Crippen LogP contribution in [-0.4, -0.2) is 65.2 Å². The van der Waals surface area contributed by atoms with E-state index in [0.29, 0.717) is 35.8 Å². The number of rotatable bonds is 5. The predicted molar refractivity (Wildman–Crippen MR) is 107 cm³/mol. The first-order valence-corrected chi connectivity index (χ1v) is 10.5. The van der Waals surface area contributed by atoms with E-state index in [-0.39, 0.29) is 12.5 Å². The Morgan fingerprint density at radius 2 is 1.64 bits per heavy atom. The van der Waals surface area contributed by atoms with Crippen LogP contribution in [-0.2, 0) is 11.3 Å². The maximum absolute atomic E-state index is 12.5. The van der Waals surface area contributed by atoms with E-state index in [1.165, 1.54) is 11.3 Å². The summed E-state index contributed by atoms with van der Waals surface area (Å²) in [6.07, 6.45) is 2.29. The molecule has 0 bridgehead atoms. The van der Waals surface area contributed by atoms with Crippen molar-refractivity contribution in [1.82, 2.24) is 25.3 Å². The Morgan fingerprint density at radius 1 is 1.00 bits per heavy atom. The van der Waals surface area contributed by atoms with Gasteiger partial charge in [-0.15, -0.1) is 11.3 Å². The van der Waals surface area contributed by atoms with Crippen molar-refractivity contribution < 1.29 is 9.53 Å². The zero-order valence-corrected chi connectivity index (χ0v) is 17.1. The Bertz CT molecular complexity index is 844. The summed E-state index contributed by atoms with van der Waals surface area (Å²) in [5.74, 6) is 1.79. The third kappa shape index (κ3) is 4.22. The number of aromatic nitrogens is 4. The fourth-order valence-corrected chi connectivity index (χ4v) is 4.26. The fraction of sp³-hybridized carbons (Fsp3) is 0.611. The van der Waals surface area contributed by atoms with Gasteiger partial charge in [-0.2, -0.15) is 15.0 Å². The Hall–Kier alpha value is -2.33. The topological polar surface area (TPSA) is 96.4 Å². The van der Waals surface area contributed by atoms with Gasteiger partial charge in [0.2, 0.25) is 11.9 Å². The molecular weight excluding hydrogens is 378 g/mol. The average molecular weight is 404 g/mol. The molecule has 2 aromatic rings. The zero-order valence-electron chi connectivity index (χ0n) is 16.3. The molecule has 2 aromatic heterocycles. The Morgan fingerprint density at radius 3 is 2.25 bits per heavy atom. The highest BCUT2D eigenvalue weighted by Gasteiger charge is 2.21. The van der Waals surface area contributed by atoms with Crippen molar-refractivity contribution in [2.24, 2.45) is 0 Å². The average Bonchev–Trinajstić information content (AvgIpc) is 3.36. The van der Waals surface area contributed by atoms with Gasteiger partial charge in [0.25, 0.3) is 5.91 Å². The lowest BCUT2D eigenvalue weighted by molar-refractivity contribution is 0.0953. The SMILES string of the molecule is Cc1nc(C)c(C(=O)NCc2nc(N3CCCC3)nc(N3CCOCC3)n2)s1. The van der Waals surface area contributed by atoms with Gasteiger partial charge >= 0.3 is 0 Å². The third-order valence-corrected chi connectivity index (χ3v) is 5.93. The molecular formula is C18H25N7O2S. The van der Waals surface area contributed by atoms with Gasteiger partial charge in [0, 0.05) is 26.2 Å². The Labute approximate surface area is 168 Å². The first-order valence-electron chi connectivity index (χ1n) is 9.65.